The molecule has 0 fully saturated rings. The molecule has 0 saturated heterocycles. The van der Waals surface area contributed by atoms with Gasteiger partial charge in [0.2, 0.25) is 0 Å². The summed E-state index contributed by atoms with van der Waals surface area (Å²) in [5.74, 6) is 0.333. The lowest BCUT2D eigenvalue weighted by atomic mass is 10.1. The van der Waals surface area contributed by atoms with Gasteiger partial charge in [-0.3, -0.25) is 0 Å². The number of hydrogen-bond acceptors (Lipinski definition) is 3. The monoisotopic (exact) mass is 226 g/mol. The van der Waals surface area contributed by atoms with Gasteiger partial charge in [-0.25, -0.2) is 4.39 Å². The second kappa shape index (κ2) is 6.45. The van der Waals surface area contributed by atoms with Gasteiger partial charge < -0.3 is 15.8 Å². The minimum Gasteiger partial charge on any atom is -0.496 e. The normalized spacial score (nSPS) is 12.5. The van der Waals surface area contributed by atoms with Gasteiger partial charge in [0.1, 0.15) is 11.6 Å². The van der Waals surface area contributed by atoms with Crippen LogP contribution in [0.3, 0.4) is 0 Å². The second-order valence-corrected chi connectivity index (χ2v) is 3.78. The van der Waals surface area contributed by atoms with Gasteiger partial charge in [-0.2, -0.15) is 0 Å². The van der Waals surface area contributed by atoms with E-state index in [1.165, 1.54) is 6.07 Å². The highest BCUT2D eigenvalue weighted by atomic mass is 19.1. The Bertz CT molecular complexity index is 331. The van der Waals surface area contributed by atoms with Crippen LogP contribution in [0.5, 0.6) is 5.75 Å². The van der Waals surface area contributed by atoms with E-state index in [-0.39, 0.29) is 11.9 Å². The number of ether oxygens (including phenoxy) is 1. The van der Waals surface area contributed by atoms with Gasteiger partial charge in [0.25, 0.3) is 0 Å². The molecule has 3 N–H and O–H groups in total. The zero-order valence-electron chi connectivity index (χ0n) is 9.79. The minimum atomic E-state index is -0.244. The molecule has 0 aliphatic carbocycles. The van der Waals surface area contributed by atoms with E-state index in [9.17, 15) is 4.39 Å². The maximum Gasteiger partial charge on any atom is 0.131 e. The lowest BCUT2D eigenvalue weighted by Gasteiger charge is -2.15. The van der Waals surface area contributed by atoms with Crippen molar-refractivity contribution >= 4 is 0 Å². The predicted molar refractivity (Wildman–Crippen MR) is 62.9 cm³/mol. The number of nitrogens with two attached hydrogens (primary N) is 1. The molecule has 1 unspecified atom stereocenters. The smallest absolute Gasteiger partial charge is 0.131 e. The summed E-state index contributed by atoms with van der Waals surface area (Å²) in [5, 5.41) is 3.22. The Labute approximate surface area is 95.8 Å². The molecule has 0 amide bonds. The highest BCUT2D eigenvalue weighted by Gasteiger charge is 2.09. The number of methoxy groups -OCH3 is 1. The fourth-order valence-electron chi connectivity index (χ4n) is 1.53. The third-order valence-electron chi connectivity index (χ3n) is 2.52. The lowest BCUT2D eigenvalue weighted by molar-refractivity contribution is 0.398. The third kappa shape index (κ3) is 3.47. The van der Waals surface area contributed by atoms with Crippen LogP contribution in [0.2, 0.25) is 0 Å². The van der Waals surface area contributed by atoms with E-state index in [1.54, 1.807) is 19.2 Å². The molecule has 0 aliphatic rings. The molecule has 0 saturated carbocycles. The maximum absolute atomic E-state index is 13.5. The van der Waals surface area contributed by atoms with Crippen LogP contribution in [0.15, 0.2) is 18.2 Å². The Hall–Kier alpha value is -1.13. The van der Waals surface area contributed by atoms with Crippen LogP contribution in [0, 0.1) is 5.82 Å². The first-order valence-corrected chi connectivity index (χ1v) is 5.44. The Morgan fingerprint density at radius 1 is 1.50 bits per heavy atom. The van der Waals surface area contributed by atoms with E-state index < -0.39 is 0 Å². The zero-order chi connectivity index (χ0) is 12.0. The van der Waals surface area contributed by atoms with Crippen molar-refractivity contribution in [2.75, 3.05) is 13.7 Å². The highest BCUT2D eigenvalue weighted by molar-refractivity contribution is 5.34. The van der Waals surface area contributed by atoms with Crippen molar-refractivity contribution in [1.29, 1.82) is 0 Å². The summed E-state index contributed by atoms with van der Waals surface area (Å²) in [4.78, 5) is 0. The molecule has 0 heterocycles. The first-order chi connectivity index (χ1) is 7.69. The summed E-state index contributed by atoms with van der Waals surface area (Å²) in [5.41, 5.74) is 6.01. The van der Waals surface area contributed by atoms with E-state index in [0.29, 0.717) is 24.4 Å². The van der Waals surface area contributed by atoms with Gasteiger partial charge in [0, 0.05) is 18.2 Å². The lowest BCUT2D eigenvalue weighted by Crippen LogP contribution is -2.28. The fourth-order valence-corrected chi connectivity index (χ4v) is 1.53. The average molecular weight is 226 g/mol. The summed E-state index contributed by atoms with van der Waals surface area (Å²) >= 11 is 0. The molecule has 90 valence electrons. The molecule has 1 aromatic carbocycles. The molecule has 0 spiro atoms. The predicted octanol–water partition coefficient (Wildman–Crippen LogP) is 1.66. The topological polar surface area (TPSA) is 47.3 Å². The van der Waals surface area contributed by atoms with Gasteiger partial charge >= 0.3 is 0 Å². The molecule has 16 heavy (non-hydrogen) atoms. The fraction of sp³-hybridized carbons (Fsp3) is 0.500. The number of nitrogens with one attached hydrogen (secondary N) is 1. The van der Waals surface area contributed by atoms with E-state index in [4.69, 9.17) is 10.5 Å². The average Bonchev–Trinajstić information content (AvgIpc) is 2.27. The molecule has 1 rings (SSSR count). The summed E-state index contributed by atoms with van der Waals surface area (Å²) in [6.45, 7) is 3.11. The van der Waals surface area contributed by atoms with E-state index >= 15 is 0 Å². The van der Waals surface area contributed by atoms with Crippen LogP contribution in [-0.4, -0.2) is 19.7 Å². The highest BCUT2D eigenvalue weighted by Crippen LogP contribution is 2.20. The van der Waals surface area contributed by atoms with Gasteiger partial charge in [-0.1, -0.05) is 6.07 Å². The molecular formula is C12H19FN2O. The van der Waals surface area contributed by atoms with Gasteiger partial charge in [0.05, 0.1) is 7.11 Å². The first-order valence-electron chi connectivity index (χ1n) is 5.44. The molecule has 0 bridgehead atoms. The van der Waals surface area contributed by atoms with Crippen molar-refractivity contribution in [2.45, 2.75) is 25.9 Å². The Morgan fingerprint density at radius 3 is 2.88 bits per heavy atom. The Morgan fingerprint density at radius 2 is 2.25 bits per heavy atom. The van der Waals surface area contributed by atoms with Crippen LogP contribution in [0.4, 0.5) is 4.39 Å². The molecule has 0 aromatic heterocycles. The van der Waals surface area contributed by atoms with Crippen LogP contribution >= 0.6 is 0 Å². The molecule has 4 heteroatoms. The number of hydrogen-bond donors (Lipinski definition) is 2. The van der Waals surface area contributed by atoms with Gasteiger partial charge in [-0.05, 0) is 32.0 Å². The summed E-state index contributed by atoms with van der Waals surface area (Å²) in [6.07, 6.45) is 0.872. The molecular weight excluding hydrogens is 207 g/mol. The van der Waals surface area contributed by atoms with Crippen LogP contribution in [0.25, 0.3) is 0 Å². The van der Waals surface area contributed by atoms with Crippen molar-refractivity contribution in [1.82, 2.24) is 5.32 Å². The number of halogens is 1. The van der Waals surface area contributed by atoms with Gasteiger partial charge in [0.15, 0.2) is 0 Å². The van der Waals surface area contributed by atoms with Gasteiger partial charge in [-0.15, -0.1) is 0 Å². The van der Waals surface area contributed by atoms with Crippen molar-refractivity contribution in [3.05, 3.63) is 29.6 Å². The van der Waals surface area contributed by atoms with E-state index in [0.717, 1.165) is 6.42 Å². The molecule has 0 radical (unpaired) electrons. The quantitative estimate of drug-likeness (QED) is 0.775. The van der Waals surface area contributed by atoms with E-state index in [2.05, 4.69) is 5.32 Å². The second-order valence-electron chi connectivity index (χ2n) is 3.78. The standard InChI is InChI=1S/C12H19FN2O/c1-9(6-7-14)15-8-10-11(13)4-3-5-12(10)16-2/h3-5,9,15H,6-8,14H2,1-2H3. The maximum atomic E-state index is 13.5. The van der Waals surface area contributed by atoms with Crippen LogP contribution in [0.1, 0.15) is 18.9 Å². The SMILES string of the molecule is COc1cccc(F)c1CNC(C)CCN. The molecule has 0 aliphatic heterocycles. The van der Waals surface area contributed by atoms with Crippen molar-refractivity contribution in [3.8, 4) is 5.75 Å². The Balaban J connectivity index is 2.65. The third-order valence-corrected chi connectivity index (χ3v) is 2.52. The molecule has 1 aromatic rings. The van der Waals surface area contributed by atoms with Crippen LogP contribution in [-0.2, 0) is 6.54 Å². The van der Waals surface area contributed by atoms with Crippen molar-refractivity contribution in [3.63, 3.8) is 0 Å². The molecule has 3 nitrogen and oxygen atoms in total. The summed E-state index contributed by atoms with van der Waals surface area (Å²) in [6, 6.07) is 5.11. The number of benzene rings is 1. The summed E-state index contributed by atoms with van der Waals surface area (Å²) in [7, 11) is 1.54. The Kier molecular flexibility index (Phi) is 5.22. The first kappa shape index (κ1) is 12.9. The molecule has 1 atom stereocenters. The minimum absolute atomic E-state index is 0.244. The largest absolute Gasteiger partial charge is 0.496 e. The van der Waals surface area contributed by atoms with Crippen molar-refractivity contribution < 1.29 is 9.13 Å². The zero-order valence-corrected chi connectivity index (χ0v) is 9.79. The summed E-state index contributed by atoms with van der Waals surface area (Å²) < 4.78 is 18.6. The van der Waals surface area contributed by atoms with Crippen molar-refractivity contribution in [2.24, 2.45) is 5.73 Å². The van der Waals surface area contributed by atoms with E-state index in [1.807, 2.05) is 6.92 Å². The van der Waals surface area contributed by atoms with Crippen LogP contribution < -0.4 is 15.8 Å². The number of rotatable bonds is 6.